The normalized spacial score (nSPS) is 10.9. The predicted octanol–water partition coefficient (Wildman–Crippen LogP) is 4.34. The van der Waals surface area contributed by atoms with Crippen molar-refractivity contribution in [3.05, 3.63) is 63.9 Å². The van der Waals surface area contributed by atoms with Crippen LogP contribution in [0.1, 0.15) is 23.0 Å². The number of benzene rings is 1. The van der Waals surface area contributed by atoms with E-state index in [1.807, 2.05) is 6.92 Å². The van der Waals surface area contributed by atoms with Crippen LogP contribution in [0.3, 0.4) is 0 Å². The fraction of sp³-hybridized carbons (Fsp3) is 0.150. The first-order valence-corrected chi connectivity index (χ1v) is 9.78. The van der Waals surface area contributed by atoms with Gasteiger partial charge in [-0.1, -0.05) is 30.1 Å². The van der Waals surface area contributed by atoms with Gasteiger partial charge in [-0.3, -0.25) is 4.79 Å². The molecule has 0 aliphatic carbocycles. The maximum absolute atomic E-state index is 12.9. The van der Waals surface area contributed by atoms with Crippen molar-refractivity contribution in [2.24, 2.45) is 0 Å². The molecule has 4 aromatic rings. The zero-order valence-electron chi connectivity index (χ0n) is 16.1. The smallest absolute Gasteiger partial charge is 0.260 e. The number of carbonyl (C=O) groups excluding carboxylic acids is 1. The van der Waals surface area contributed by atoms with Crippen LogP contribution in [0.5, 0.6) is 5.88 Å². The fourth-order valence-corrected chi connectivity index (χ4v) is 3.46. The number of fused-ring (bicyclic) bond motifs is 1. The standard InChI is InChI=1S/C20H16Cl2N6O2/c1-3-15-12(10-23-28(15)17-8-9-18(30-2)27-26-17)20(29)25-16-7-4-11-13(21)5-6-14(22)19(11)24-16/h4-10H,3H2,1-2H3,(H,24,25,29). The second-order valence-corrected chi connectivity index (χ2v) is 7.09. The summed E-state index contributed by atoms with van der Waals surface area (Å²) < 4.78 is 6.60. The Morgan fingerprint density at radius 2 is 1.90 bits per heavy atom. The zero-order chi connectivity index (χ0) is 21.3. The summed E-state index contributed by atoms with van der Waals surface area (Å²) in [6.07, 6.45) is 2.05. The van der Waals surface area contributed by atoms with E-state index in [0.29, 0.717) is 56.1 Å². The molecule has 3 heterocycles. The van der Waals surface area contributed by atoms with E-state index in [9.17, 15) is 4.79 Å². The molecule has 0 aliphatic rings. The molecule has 0 saturated heterocycles. The van der Waals surface area contributed by atoms with Crippen molar-refractivity contribution >= 4 is 45.8 Å². The molecule has 0 bridgehead atoms. The van der Waals surface area contributed by atoms with Gasteiger partial charge in [-0.2, -0.15) is 5.10 Å². The molecular weight excluding hydrogens is 427 g/mol. The van der Waals surface area contributed by atoms with E-state index in [2.05, 4.69) is 25.6 Å². The highest BCUT2D eigenvalue weighted by Gasteiger charge is 2.19. The van der Waals surface area contributed by atoms with Gasteiger partial charge in [0.1, 0.15) is 5.82 Å². The Morgan fingerprint density at radius 3 is 2.60 bits per heavy atom. The van der Waals surface area contributed by atoms with Crippen LogP contribution in [0.4, 0.5) is 5.82 Å². The summed E-state index contributed by atoms with van der Waals surface area (Å²) in [4.78, 5) is 17.3. The Kier molecular flexibility index (Phi) is 5.52. The molecule has 30 heavy (non-hydrogen) atoms. The highest BCUT2D eigenvalue weighted by molar-refractivity contribution is 6.39. The first-order valence-electron chi connectivity index (χ1n) is 9.03. The molecule has 8 nitrogen and oxygen atoms in total. The van der Waals surface area contributed by atoms with Crippen LogP contribution >= 0.6 is 23.2 Å². The molecule has 0 radical (unpaired) electrons. The van der Waals surface area contributed by atoms with E-state index in [4.69, 9.17) is 27.9 Å². The van der Waals surface area contributed by atoms with Crippen LogP contribution in [-0.2, 0) is 6.42 Å². The molecule has 0 saturated carbocycles. The average molecular weight is 443 g/mol. The lowest BCUT2D eigenvalue weighted by atomic mass is 10.2. The Hall–Kier alpha value is -3.23. The molecule has 152 valence electrons. The molecular formula is C20H16Cl2N6O2. The molecule has 0 fully saturated rings. The van der Waals surface area contributed by atoms with Crippen molar-refractivity contribution < 1.29 is 9.53 Å². The van der Waals surface area contributed by atoms with Crippen molar-refractivity contribution in [2.75, 3.05) is 12.4 Å². The first-order chi connectivity index (χ1) is 14.5. The largest absolute Gasteiger partial charge is 0.480 e. The number of carbonyl (C=O) groups is 1. The van der Waals surface area contributed by atoms with E-state index in [1.54, 1.807) is 41.1 Å². The summed E-state index contributed by atoms with van der Waals surface area (Å²) >= 11 is 12.4. The van der Waals surface area contributed by atoms with Gasteiger partial charge in [0.15, 0.2) is 5.82 Å². The van der Waals surface area contributed by atoms with Crippen molar-refractivity contribution in [1.29, 1.82) is 0 Å². The van der Waals surface area contributed by atoms with Crippen molar-refractivity contribution in [3.8, 4) is 11.7 Å². The van der Waals surface area contributed by atoms with Gasteiger partial charge < -0.3 is 10.1 Å². The Labute approximate surface area is 181 Å². The number of nitrogens with zero attached hydrogens (tertiary/aromatic N) is 5. The Morgan fingerprint density at radius 1 is 1.10 bits per heavy atom. The number of pyridine rings is 1. The number of hydrogen-bond acceptors (Lipinski definition) is 6. The molecule has 1 amide bonds. The minimum Gasteiger partial charge on any atom is -0.480 e. The lowest BCUT2D eigenvalue weighted by Gasteiger charge is -2.09. The second-order valence-electron chi connectivity index (χ2n) is 6.28. The zero-order valence-corrected chi connectivity index (χ0v) is 17.6. The van der Waals surface area contributed by atoms with Gasteiger partial charge in [0.25, 0.3) is 5.91 Å². The van der Waals surface area contributed by atoms with E-state index < -0.39 is 0 Å². The number of amides is 1. The van der Waals surface area contributed by atoms with Crippen molar-refractivity contribution in [1.82, 2.24) is 25.0 Å². The predicted molar refractivity (Wildman–Crippen MR) is 115 cm³/mol. The molecule has 0 atom stereocenters. The molecule has 0 unspecified atom stereocenters. The van der Waals surface area contributed by atoms with Crippen molar-refractivity contribution in [2.45, 2.75) is 13.3 Å². The van der Waals surface area contributed by atoms with E-state index in [1.165, 1.54) is 13.3 Å². The summed E-state index contributed by atoms with van der Waals surface area (Å²) in [6.45, 7) is 1.93. The minimum absolute atomic E-state index is 0.343. The number of rotatable bonds is 5. The van der Waals surface area contributed by atoms with Crippen LogP contribution < -0.4 is 10.1 Å². The lowest BCUT2D eigenvalue weighted by Crippen LogP contribution is -2.15. The molecule has 10 heteroatoms. The van der Waals surface area contributed by atoms with Crippen LogP contribution in [0.15, 0.2) is 42.6 Å². The average Bonchev–Trinajstić information content (AvgIpc) is 3.21. The van der Waals surface area contributed by atoms with E-state index >= 15 is 0 Å². The quantitative estimate of drug-likeness (QED) is 0.493. The van der Waals surface area contributed by atoms with Gasteiger partial charge in [0, 0.05) is 11.5 Å². The monoisotopic (exact) mass is 442 g/mol. The number of halogens is 2. The lowest BCUT2D eigenvalue weighted by molar-refractivity contribution is 0.102. The summed E-state index contributed by atoms with van der Waals surface area (Å²) in [7, 11) is 1.51. The highest BCUT2D eigenvalue weighted by Crippen LogP contribution is 2.29. The van der Waals surface area contributed by atoms with Gasteiger partial charge >= 0.3 is 0 Å². The maximum Gasteiger partial charge on any atom is 0.260 e. The summed E-state index contributed by atoms with van der Waals surface area (Å²) in [6, 6.07) is 10.2. The third-order valence-corrected chi connectivity index (χ3v) is 5.13. The fourth-order valence-electron chi connectivity index (χ4n) is 3.04. The number of aromatic nitrogens is 5. The number of nitrogens with one attached hydrogen (secondary N) is 1. The SMILES string of the molecule is CCc1c(C(=O)Nc2ccc3c(Cl)ccc(Cl)c3n2)cnn1-c1ccc(OC)nn1. The van der Waals surface area contributed by atoms with Crippen LogP contribution in [0.25, 0.3) is 16.7 Å². The van der Waals surface area contributed by atoms with E-state index in [0.717, 1.165) is 0 Å². The Balaban J connectivity index is 1.64. The number of anilines is 1. The highest BCUT2D eigenvalue weighted by atomic mass is 35.5. The van der Waals surface area contributed by atoms with Crippen LogP contribution in [0, 0.1) is 0 Å². The van der Waals surface area contributed by atoms with Crippen LogP contribution in [-0.4, -0.2) is 38.0 Å². The van der Waals surface area contributed by atoms with E-state index in [-0.39, 0.29) is 5.91 Å². The maximum atomic E-state index is 12.9. The van der Waals surface area contributed by atoms with Gasteiger partial charge in [-0.15, -0.1) is 10.2 Å². The summed E-state index contributed by atoms with van der Waals surface area (Å²) in [5.74, 6) is 0.889. The third-order valence-electron chi connectivity index (χ3n) is 4.50. The van der Waals surface area contributed by atoms with Gasteiger partial charge in [-0.25, -0.2) is 9.67 Å². The number of ether oxygens (including phenoxy) is 1. The summed E-state index contributed by atoms with van der Waals surface area (Å²) in [5.41, 5.74) is 1.62. The molecule has 3 aromatic heterocycles. The van der Waals surface area contributed by atoms with Crippen molar-refractivity contribution in [3.63, 3.8) is 0 Å². The van der Waals surface area contributed by atoms with Gasteiger partial charge in [-0.05, 0) is 36.8 Å². The second kappa shape index (κ2) is 8.25. The van der Waals surface area contributed by atoms with Gasteiger partial charge in [0.05, 0.1) is 40.1 Å². The molecule has 1 N–H and O–H groups in total. The Bertz CT molecular complexity index is 1240. The molecule has 4 rings (SSSR count). The number of methoxy groups -OCH3 is 1. The van der Waals surface area contributed by atoms with Gasteiger partial charge in [0.2, 0.25) is 5.88 Å². The minimum atomic E-state index is -0.343. The number of hydrogen-bond donors (Lipinski definition) is 1. The molecule has 0 aliphatic heterocycles. The third kappa shape index (κ3) is 3.67. The molecule has 0 spiro atoms. The first kappa shape index (κ1) is 20.1. The summed E-state index contributed by atoms with van der Waals surface area (Å²) in [5, 5.41) is 16.8. The molecule has 1 aromatic carbocycles. The topological polar surface area (TPSA) is 94.8 Å². The van der Waals surface area contributed by atoms with Crippen LogP contribution in [0.2, 0.25) is 10.0 Å².